The van der Waals surface area contributed by atoms with Crippen LogP contribution in [0, 0.1) is 17.3 Å². The minimum atomic E-state index is -4.47. The van der Waals surface area contributed by atoms with Crippen LogP contribution < -0.4 is 0 Å². The summed E-state index contributed by atoms with van der Waals surface area (Å²) < 4.78 is 81.4. The number of fused-ring (bicyclic) bond motifs is 1. The summed E-state index contributed by atoms with van der Waals surface area (Å²) in [5, 5.41) is 0. The summed E-state index contributed by atoms with van der Waals surface area (Å²) in [5.74, 6) is -0.908. The van der Waals surface area contributed by atoms with Gasteiger partial charge in [-0.25, -0.2) is 4.39 Å². The molecule has 0 amide bonds. The molecule has 0 aromatic rings. The predicted molar refractivity (Wildman–Crippen MR) is 145 cm³/mol. The van der Waals surface area contributed by atoms with E-state index in [1.54, 1.807) is 6.08 Å². The predicted octanol–water partition coefficient (Wildman–Crippen LogP) is 7.49. The second-order valence-corrected chi connectivity index (χ2v) is 12.7. The fourth-order valence-electron chi connectivity index (χ4n) is 5.95. The van der Waals surface area contributed by atoms with E-state index in [4.69, 9.17) is 14.2 Å². The third-order valence-electron chi connectivity index (χ3n) is 8.46. The molecule has 0 N–H and O–H groups in total. The first kappa shape index (κ1) is 32.1. The molecule has 3 unspecified atom stereocenters. The third kappa shape index (κ3) is 7.84. The van der Waals surface area contributed by atoms with E-state index in [0.29, 0.717) is 51.6 Å². The molecular formula is C28H43F4IO5. The number of unbranched alkanes of at least 4 members (excludes halogenated alkanes) is 1. The van der Waals surface area contributed by atoms with Gasteiger partial charge in [-0.3, -0.25) is 4.79 Å². The lowest BCUT2D eigenvalue weighted by atomic mass is 9.77. The molecule has 0 spiro atoms. The molecule has 5 nitrogen and oxygen atoms in total. The molecule has 9 atom stereocenters. The van der Waals surface area contributed by atoms with Crippen LogP contribution in [0.25, 0.3) is 0 Å². The van der Waals surface area contributed by atoms with Crippen molar-refractivity contribution < 1.29 is 41.3 Å². The summed E-state index contributed by atoms with van der Waals surface area (Å²) in [6, 6.07) is 0. The molecule has 0 radical (unpaired) electrons. The number of allylic oxidation sites excluding steroid dienone is 1. The normalized spacial score (nSPS) is 33.2. The van der Waals surface area contributed by atoms with Crippen molar-refractivity contribution in [1.29, 1.82) is 0 Å². The van der Waals surface area contributed by atoms with Crippen LogP contribution in [0.2, 0.25) is 0 Å². The molecule has 1 aliphatic carbocycles. The molecular weight excluding hydrogens is 619 g/mol. The number of rotatable bonds is 13. The van der Waals surface area contributed by atoms with E-state index in [-0.39, 0.29) is 34.8 Å². The summed E-state index contributed by atoms with van der Waals surface area (Å²) >= 11 is 2.19. The summed E-state index contributed by atoms with van der Waals surface area (Å²) in [6.07, 6.45) is 1.01. The molecule has 0 aromatic heterocycles. The Morgan fingerprint density at radius 1 is 1.18 bits per heavy atom. The molecule has 2 aliphatic heterocycles. The summed E-state index contributed by atoms with van der Waals surface area (Å²) in [7, 11) is 1.34. The van der Waals surface area contributed by atoms with Gasteiger partial charge in [-0.15, -0.1) is 0 Å². The first-order valence-corrected chi connectivity index (χ1v) is 15.3. The van der Waals surface area contributed by atoms with Crippen molar-refractivity contribution in [3.05, 3.63) is 12.2 Å². The van der Waals surface area contributed by atoms with Crippen molar-refractivity contribution in [2.24, 2.45) is 17.3 Å². The van der Waals surface area contributed by atoms with E-state index in [1.165, 1.54) is 20.1 Å². The second kappa shape index (κ2) is 14.4. The minimum Gasteiger partial charge on any atom is -0.469 e. The standard InChI is InChI=1S/C28H43F4IO5/c1-4-5-16-27(2,28(30,31)32)21(38-23-11-6-7-17-36-23)15-13-18-12-14-20-24(18)25(29)26(37-20)19(33)9-8-10-22(34)35-3/h13,15,18-21,23-26H,4-12,14,16-17H2,1-3H3/t18-,19?,20-,21-,23?,24-,25+,26+,27?/m1/s1. The summed E-state index contributed by atoms with van der Waals surface area (Å²) in [4.78, 5) is 11.4. The van der Waals surface area contributed by atoms with Crippen molar-refractivity contribution in [2.75, 3.05) is 13.7 Å². The van der Waals surface area contributed by atoms with Crippen molar-refractivity contribution in [1.82, 2.24) is 0 Å². The fraction of sp³-hybridized carbons (Fsp3) is 0.893. The van der Waals surface area contributed by atoms with E-state index >= 15 is 4.39 Å². The fourth-order valence-corrected chi connectivity index (χ4v) is 6.96. The number of carbonyl (C=O) groups is 1. The van der Waals surface area contributed by atoms with Gasteiger partial charge in [0.05, 0.1) is 24.7 Å². The molecule has 10 heteroatoms. The number of ether oxygens (including phenoxy) is 4. The van der Waals surface area contributed by atoms with E-state index in [1.807, 2.05) is 6.92 Å². The first-order valence-electron chi connectivity index (χ1n) is 14.0. The minimum absolute atomic E-state index is 0.0511. The first-order chi connectivity index (χ1) is 18.0. The van der Waals surface area contributed by atoms with Gasteiger partial charge >= 0.3 is 12.1 Å². The maximum absolute atomic E-state index is 15.7. The maximum Gasteiger partial charge on any atom is 0.397 e. The van der Waals surface area contributed by atoms with Crippen LogP contribution in [-0.4, -0.2) is 60.6 Å². The molecule has 2 heterocycles. The Hall–Kier alpha value is -0.460. The van der Waals surface area contributed by atoms with Gasteiger partial charge in [-0.1, -0.05) is 54.5 Å². The van der Waals surface area contributed by atoms with E-state index in [9.17, 15) is 18.0 Å². The Kier molecular flexibility index (Phi) is 12.2. The Balaban J connectivity index is 1.73. The lowest BCUT2D eigenvalue weighted by Crippen LogP contribution is -2.47. The van der Waals surface area contributed by atoms with Crippen LogP contribution >= 0.6 is 22.6 Å². The van der Waals surface area contributed by atoms with Crippen LogP contribution in [0.3, 0.4) is 0 Å². The Bertz CT molecular complexity index is 775. The van der Waals surface area contributed by atoms with Crippen molar-refractivity contribution in [3.63, 3.8) is 0 Å². The molecule has 2 saturated heterocycles. The maximum atomic E-state index is 15.7. The highest BCUT2D eigenvalue weighted by Crippen LogP contribution is 2.50. The van der Waals surface area contributed by atoms with Gasteiger partial charge in [0, 0.05) is 22.9 Å². The van der Waals surface area contributed by atoms with Crippen LogP contribution in [0.1, 0.15) is 84.5 Å². The van der Waals surface area contributed by atoms with Crippen molar-refractivity contribution >= 4 is 28.6 Å². The topological polar surface area (TPSA) is 54.0 Å². The molecule has 38 heavy (non-hydrogen) atoms. The smallest absolute Gasteiger partial charge is 0.397 e. The zero-order valence-electron chi connectivity index (χ0n) is 22.7. The van der Waals surface area contributed by atoms with Crippen LogP contribution in [0.5, 0.6) is 0 Å². The molecule has 3 fully saturated rings. The number of hydrogen-bond donors (Lipinski definition) is 0. The highest BCUT2D eigenvalue weighted by atomic mass is 127. The van der Waals surface area contributed by atoms with Gasteiger partial charge in [0.1, 0.15) is 12.3 Å². The highest BCUT2D eigenvalue weighted by Gasteiger charge is 2.56. The molecule has 0 bridgehead atoms. The average Bonchev–Trinajstić information content (AvgIpc) is 3.44. The van der Waals surface area contributed by atoms with Gasteiger partial charge < -0.3 is 18.9 Å². The number of methoxy groups -OCH3 is 1. The van der Waals surface area contributed by atoms with Gasteiger partial charge in [0.15, 0.2) is 6.29 Å². The van der Waals surface area contributed by atoms with Crippen molar-refractivity contribution in [3.8, 4) is 0 Å². The van der Waals surface area contributed by atoms with Gasteiger partial charge in [0.2, 0.25) is 0 Å². The third-order valence-corrected chi connectivity index (χ3v) is 9.79. The van der Waals surface area contributed by atoms with Crippen LogP contribution in [0.15, 0.2) is 12.2 Å². The molecule has 3 rings (SSSR count). The average molecular weight is 663 g/mol. The Labute approximate surface area is 237 Å². The number of alkyl halides is 5. The number of carbonyl (C=O) groups excluding carboxylic acids is 1. The largest absolute Gasteiger partial charge is 0.469 e. The lowest BCUT2D eigenvalue weighted by molar-refractivity contribution is -0.279. The van der Waals surface area contributed by atoms with Crippen LogP contribution in [-0.2, 0) is 23.7 Å². The monoisotopic (exact) mass is 662 g/mol. The van der Waals surface area contributed by atoms with Crippen molar-refractivity contribution in [2.45, 2.75) is 125 Å². The molecule has 0 aromatic carbocycles. The molecule has 3 aliphatic rings. The van der Waals surface area contributed by atoms with E-state index in [0.717, 1.165) is 12.8 Å². The van der Waals surface area contributed by atoms with Crippen LogP contribution in [0.4, 0.5) is 17.6 Å². The van der Waals surface area contributed by atoms with Gasteiger partial charge in [0.25, 0.3) is 0 Å². The number of hydrogen-bond acceptors (Lipinski definition) is 5. The number of halogens is 5. The Morgan fingerprint density at radius 2 is 1.95 bits per heavy atom. The van der Waals surface area contributed by atoms with E-state index < -0.39 is 42.2 Å². The lowest BCUT2D eigenvalue weighted by Gasteiger charge is -2.40. The zero-order valence-corrected chi connectivity index (χ0v) is 24.8. The van der Waals surface area contributed by atoms with Gasteiger partial charge in [-0.05, 0) is 64.2 Å². The second-order valence-electron chi connectivity index (χ2n) is 11.1. The SMILES string of the molecule is CCCCC(C)([C@@H](C=C[C@H]1CC[C@H]2O[C@@H](C(I)CCCC(=O)OC)[C@@H](F)[C@H]12)OC1CCCCO1)C(F)(F)F. The van der Waals surface area contributed by atoms with Gasteiger partial charge in [-0.2, -0.15) is 13.2 Å². The Morgan fingerprint density at radius 3 is 2.58 bits per heavy atom. The number of esters is 1. The molecule has 220 valence electrons. The summed E-state index contributed by atoms with van der Waals surface area (Å²) in [5.41, 5.74) is -2.07. The quantitative estimate of drug-likeness (QED) is 0.0673. The van der Waals surface area contributed by atoms with E-state index in [2.05, 4.69) is 27.3 Å². The molecule has 1 saturated carbocycles. The summed E-state index contributed by atoms with van der Waals surface area (Å²) in [6.45, 7) is 3.59. The highest BCUT2D eigenvalue weighted by molar-refractivity contribution is 14.1. The zero-order chi connectivity index (χ0) is 27.9.